The maximum atomic E-state index is 12.7. The Hall–Kier alpha value is -1.22. The standard InChI is InChI=1S/C11H9FOS/c1-14-10-5-3-2-4-8(10)9-6-7-11(12)13-9/h2-7H,1H3. The first kappa shape index (κ1) is 9.34. The van der Waals surface area contributed by atoms with E-state index in [-0.39, 0.29) is 0 Å². The minimum absolute atomic E-state index is 0.545. The third-order valence-corrected chi connectivity index (χ3v) is 2.74. The van der Waals surface area contributed by atoms with Gasteiger partial charge in [-0.2, -0.15) is 4.39 Å². The molecule has 0 aliphatic rings. The largest absolute Gasteiger partial charge is 0.431 e. The van der Waals surface area contributed by atoms with Crippen LogP contribution in [0.2, 0.25) is 0 Å². The van der Waals surface area contributed by atoms with E-state index in [0.29, 0.717) is 5.76 Å². The third kappa shape index (κ3) is 1.68. The quantitative estimate of drug-likeness (QED) is 0.696. The summed E-state index contributed by atoms with van der Waals surface area (Å²) in [7, 11) is 0. The minimum atomic E-state index is -0.545. The van der Waals surface area contributed by atoms with Crippen LogP contribution in [0.25, 0.3) is 11.3 Å². The van der Waals surface area contributed by atoms with Crippen LogP contribution in [0.3, 0.4) is 0 Å². The first-order valence-corrected chi connectivity index (χ1v) is 5.42. The molecule has 14 heavy (non-hydrogen) atoms. The van der Waals surface area contributed by atoms with Crippen LogP contribution in [0, 0.1) is 6.01 Å². The lowest BCUT2D eigenvalue weighted by Gasteiger charge is -2.02. The summed E-state index contributed by atoms with van der Waals surface area (Å²) in [4.78, 5) is 1.09. The van der Waals surface area contributed by atoms with E-state index in [1.165, 1.54) is 6.07 Å². The van der Waals surface area contributed by atoms with Gasteiger partial charge in [0.1, 0.15) is 5.76 Å². The molecule has 2 rings (SSSR count). The highest BCUT2D eigenvalue weighted by Crippen LogP contribution is 2.30. The van der Waals surface area contributed by atoms with E-state index in [9.17, 15) is 4.39 Å². The number of hydrogen-bond donors (Lipinski definition) is 0. The van der Waals surface area contributed by atoms with Crippen LogP contribution in [0.4, 0.5) is 4.39 Å². The lowest BCUT2D eigenvalue weighted by Crippen LogP contribution is -1.77. The van der Waals surface area contributed by atoms with Gasteiger partial charge in [0.15, 0.2) is 0 Å². The third-order valence-electron chi connectivity index (χ3n) is 1.95. The zero-order chi connectivity index (χ0) is 9.97. The maximum Gasteiger partial charge on any atom is 0.278 e. The molecule has 0 bridgehead atoms. The van der Waals surface area contributed by atoms with Crippen molar-refractivity contribution < 1.29 is 8.81 Å². The molecule has 72 valence electrons. The van der Waals surface area contributed by atoms with Crippen LogP contribution in [-0.4, -0.2) is 6.26 Å². The molecule has 1 aromatic carbocycles. The Kier molecular flexibility index (Phi) is 2.59. The van der Waals surface area contributed by atoms with Crippen molar-refractivity contribution in [3.63, 3.8) is 0 Å². The Morgan fingerprint density at radius 3 is 2.57 bits per heavy atom. The van der Waals surface area contributed by atoms with E-state index in [4.69, 9.17) is 4.42 Å². The summed E-state index contributed by atoms with van der Waals surface area (Å²) >= 11 is 1.62. The monoisotopic (exact) mass is 208 g/mol. The normalized spacial score (nSPS) is 10.4. The van der Waals surface area contributed by atoms with Gasteiger partial charge in [-0.1, -0.05) is 18.2 Å². The van der Waals surface area contributed by atoms with Crippen LogP contribution >= 0.6 is 11.8 Å². The summed E-state index contributed by atoms with van der Waals surface area (Å²) in [5.41, 5.74) is 0.934. The van der Waals surface area contributed by atoms with Crippen LogP contribution in [0.5, 0.6) is 0 Å². The number of thioether (sulfide) groups is 1. The highest BCUT2D eigenvalue weighted by molar-refractivity contribution is 7.98. The van der Waals surface area contributed by atoms with E-state index in [0.717, 1.165) is 10.5 Å². The second-order valence-corrected chi connectivity index (χ2v) is 3.65. The van der Waals surface area contributed by atoms with Crippen LogP contribution < -0.4 is 0 Å². The van der Waals surface area contributed by atoms with Crippen molar-refractivity contribution in [1.82, 2.24) is 0 Å². The molecule has 0 aliphatic heterocycles. The summed E-state index contributed by atoms with van der Waals surface area (Å²) in [5.74, 6) is 0.576. The molecule has 3 heteroatoms. The van der Waals surface area contributed by atoms with Crippen LogP contribution in [0.15, 0.2) is 45.7 Å². The van der Waals surface area contributed by atoms with Crippen molar-refractivity contribution in [2.75, 3.05) is 6.26 Å². The lowest BCUT2D eigenvalue weighted by molar-refractivity contribution is 0.366. The van der Waals surface area contributed by atoms with Crippen molar-refractivity contribution >= 4 is 11.8 Å². The van der Waals surface area contributed by atoms with Crippen molar-refractivity contribution in [3.05, 3.63) is 42.4 Å². The minimum Gasteiger partial charge on any atom is -0.431 e. The second-order valence-electron chi connectivity index (χ2n) is 2.80. The summed E-state index contributed by atoms with van der Waals surface area (Å²) in [6.45, 7) is 0. The number of hydrogen-bond acceptors (Lipinski definition) is 2. The van der Waals surface area contributed by atoms with Gasteiger partial charge in [-0.25, -0.2) is 0 Å². The average molecular weight is 208 g/mol. The Labute approximate surface area is 85.9 Å². The Bertz CT molecular complexity index is 436. The molecule has 0 amide bonds. The van der Waals surface area contributed by atoms with Gasteiger partial charge >= 0.3 is 0 Å². The zero-order valence-corrected chi connectivity index (χ0v) is 8.48. The van der Waals surface area contributed by atoms with Gasteiger partial charge in [-0.05, 0) is 18.4 Å². The Morgan fingerprint density at radius 1 is 1.14 bits per heavy atom. The summed E-state index contributed by atoms with van der Waals surface area (Å²) in [6, 6.07) is 10.2. The van der Waals surface area contributed by atoms with Gasteiger partial charge in [0.25, 0.3) is 6.01 Å². The summed E-state index contributed by atoms with van der Waals surface area (Å²) < 4.78 is 17.6. The Balaban J connectivity index is 2.50. The molecule has 1 heterocycles. The average Bonchev–Trinajstić information content (AvgIpc) is 2.65. The molecule has 1 nitrogen and oxygen atoms in total. The fraction of sp³-hybridized carbons (Fsp3) is 0.0909. The van der Waals surface area contributed by atoms with Crippen molar-refractivity contribution in [1.29, 1.82) is 0 Å². The highest BCUT2D eigenvalue weighted by Gasteiger charge is 2.07. The fourth-order valence-electron chi connectivity index (χ4n) is 1.31. The van der Waals surface area contributed by atoms with E-state index in [1.54, 1.807) is 17.8 Å². The Morgan fingerprint density at radius 2 is 1.93 bits per heavy atom. The van der Waals surface area contributed by atoms with Gasteiger partial charge in [-0.3, -0.25) is 0 Å². The molecule has 0 radical (unpaired) electrons. The lowest BCUT2D eigenvalue weighted by atomic mass is 10.2. The molecule has 0 saturated heterocycles. The molecule has 2 aromatic rings. The van der Waals surface area contributed by atoms with Crippen LogP contribution in [0.1, 0.15) is 0 Å². The first-order chi connectivity index (χ1) is 6.81. The molecular weight excluding hydrogens is 199 g/mol. The maximum absolute atomic E-state index is 12.7. The number of rotatable bonds is 2. The summed E-state index contributed by atoms with van der Waals surface area (Å²) in [6.07, 6.45) is 1.98. The van der Waals surface area contributed by atoms with Gasteiger partial charge in [0.2, 0.25) is 0 Å². The van der Waals surface area contributed by atoms with Gasteiger partial charge in [-0.15, -0.1) is 11.8 Å². The van der Waals surface area contributed by atoms with E-state index >= 15 is 0 Å². The second kappa shape index (κ2) is 3.88. The molecular formula is C11H9FOS. The molecule has 0 unspecified atom stereocenters. The van der Waals surface area contributed by atoms with Gasteiger partial charge in [0, 0.05) is 16.5 Å². The smallest absolute Gasteiger partial charge is 0.278 e. The molecule has 0 fully saturated rings. The molecule has 1 aromatic heterocycles. The molecule has 0 atom stereocenters. The molecule has 0 aliphatic carbocycles. The van der Waals surface area contributed by atoms with E-state index in [1.807, 2.05) is 30.5 Å². The molecule has 0 spiro atoms. The highest BCUT2D eigenvalue weighted by atomic mass is 32.2. The van der Waals surface area contributed by atoms with E-state index in [2.05, 4.69) is 0 Å². The zero-order valence-electron chi connectivity index (χ0n) is 7.66. The number of furan rings is 1. The number of halogens is 1. The predicted octanol–water partition coefficient (Wildman–Crippen LogP) is 3.81. The first-order valence-electron chi connectivity index (χ1n) is 4.20. The van der Waals surface area contributed by atoms with Crippen LogP contribution in [-0.2, 0) is 0 Å². The van der Waals surface area contributed by atoms with Gasteiger partial charge < -0.3 is 4.42 Å². The van der Waals surface area contributed by atoms with Crippen molar-refractivity contribution in [3.8, 4) is 11.3 Å². The van der Waals surface area contributed by atoms with Crippen molar-refractivity contribution in [2.24, 2.45) is 0 Å². The molecule has 0 saturated carbocycles. The topological polar surface area (TPSA) is 13.1 Å². The predicted molar refractivity (Wildman–Crippen MR) is 55.9 cm³/mol. The van der Waals surface area contributed by atoms with Gasteiger partial charge in [0.05, 0.1) is 0 Å². The van der Waals surface area contributed by atoms with E-state index < -0.39 is 6.01 Å². The molecule has 0 N–H and O–H groups in total. The SMILES string of the molecule is CSc1ccccc1-c1ccc(F)o1. The summed E-state index contributed by atoms with van der Waals surface area (Å²) in [5, 5.41) is 0. The van der Waals surface area contributed by atoms with Crippen molar-refractivity contribution in [2.45, 2.75) is 4.90 Å². The fourth-order valence-corrected chi connectivity index (χ4v) is 1.91. The number of benzene rings is 1.